The number of fused-ring (bicyclic) bond motifs is 1. The molecule has 0 fully saturated rings. The summed E-state index contributed by atoms with van der Waals surface area (Å²) in [6.07, 6.45) is 1.50. The van der Waals surface area contributed by atoms with E-state index in [9.17, 15) is 10.1 Å². The molecule has 0 spiro atoms. The minimum absolute atomic E-state index is 0.0575. The van der Waals surface area contributed by atoms with Gasteiger partial charge in [0.2, 0.25) is 5.65 Å². The number of imidazole rings is 1. The number of rotatable bonds is 2. The minimum atomic E-state index is -0.521. The molecule has 2 rings (SSSR count). The fourth-order valence-corrected chi connectivity index (χ4v) is 1.42. The molecule has 2 aromatic heterocycles. The maximum absolute atomic E-state index is 10.8. The Labute approximate surface area is 84.5 Å². The lowest BCUT2D eigenvalue weighted by Gasteiger charge is -1.93. The summed E-state index contributed by atoms with van der Waals surface area (Å²) < 4.78 is 1.37. The quantitative estimate of drug-likeness (QED) is 0.542. The van der Waals surface area contributed by atoms with Crippen LogP contribution in [0.5, 0.6) is 0 Å². The fourth-order valence-electron chi connectivity index (χ4n) is 1.42. The van der Waals surface area contributed by atoms with Crippen LogP contribution in [0.3, 0.4) is 0 Å². The van der Waals surface area contributed by atoms with Crippen LogP contribution in [0.4, 0.5) is 5.82 Å². The molecule has 0 N–H and O–H groups in total. The molecule has 0 atom stereocenters. The van der Waals surface area contributed by atoms with Crippen LogP contribution >= 0.6 is 0 Å². The van der Waals surface area contributed by atoms with Crippen LogP contribution in [0.2, 0.25) is 0 Å². The van der Waals surface area contributed by atoms with Crippen LogP contribution in [-0.4, -0.2) is 14.3 Å². The second-order valence-corrected chi connectivity index (χ2v) is 2.90. The molecule has 0 saturated carbocycles. The van der Waals surface area contributed by atoms with E-state index >= 15 is 0 Å². The molecule has 0 saturated heterocycles. The number of aromatic nitrogens is 2. The predicted octanol–water partition coefficient (Wildman–Crippen LogP) is 1.31. The molecule has 74 valence electrons. The summed E-state index contributed by atoms with van der Waals surface area (Å²) in [6.45, 7) is 0. The van der Waals surface area contributed by atoms with Gasteiger partial charge in [-0.05, 0) is 11.0 Å². The highest BCUT2D eigenvalue weighted by atomic mass is 16.6. The van der Waals surface area contributed by atoms with Crippen molar-refractivity contribution in [3.63, 3.8) is 0 Å². The first-order valence-electron chi connectivity index (χ1n) is 4.21. The van der Waals surface area contributed by atoms with Crippen molar-refractivity contribution in [3.05, 3.63) is 40.2 Å². The molecule has 0 aliphatic heterocycles. The molecule has 0 aromatic carbocycles. The van der Waals surface area contributed by atoms with Crippen LogP contribution in [0.1, 0.15) is 5.69 Å². The molecule has 0 amide bonds. The van der Waals surface area contributed by atoms with E-state index in [4.69, 9.17) is 5.26 Å². The number of hydrogen-bond acceptors (Lipinski definition) is 4. The molecule has 15 heavy (non-hydrogen) atoms. The molecule has 0 radical (unpaired) electrons. The van der Waals surface area contributed by atoms with E-state index in [2.05, 4.69) is 4.98 Å². The lowest BCUT2D eigenvalue weighted by Crippen LogP contribution is -1.96. The Hall–Kier alpha value is -2.42. The molecule has 6 heteroatoms. The standard InChI is InChI=1S/C9H6N4O2/c10-5-4-7-9(13(14)15)12-6-2-1-3-8(12)11-7/h1-3,6H,4H2. The second-order valence-electron chi connectivity index (χ2n) is 2.90. The van der Waals surface area contributed by atoms with Crippen LogP contribution in [0.25, 0.3) is 5.65 Å². The van der Waals surface area contributed by atoms with E-state index in [1.807, 2.05) is 6.07 Å². The summed E-state index contributed by atoms with van der Waals surface area (Å²) in [5, 5.41) is 19.3. The van der Waals surface area contributed by atoms with Gasteiger partial charge in [-0.1, -0.05) is 6.07 Å². The number of nitriles is 1. The molecule has 0 aliphatic carbocycles. The number of hydrogen-bond donors (Lipinski definition) is 0. The number of nitrogens with zero attached hydrogens (tertiary/aromatic N) is 4. The third kappa shape index (κ3) is 1.40. The van der Waals surface area contributed by atoms with Gasteiger partial charge in [-0.2, -0.15) is 9.66 Å². The van der Waals surface area contributed by atoms with Gasteiger partial charge in [-0.15, -0.1) is 0 Å². The monoisotopic (exact) mass is 202 g/mol. The first-order chi connectivity index (χ1) is 7.24. The summed E-state index contributed by atoms with van der Waals surface area (Å²) in [4.78, 5) is 14.3. The molecule has 0 aliphatic rings. The van der Waals surface area contributed by atoms with Gasteiger partial charge in [-0.25, -0.2) is 4.98 Å². The maximum atomic E-state index is 10.8. The van der Waals surface area contributed by atoms with Gasteiger partial charge < -0.3 is 10.1 Å². The SMILES string of the molecule is N#CCc1nc2ccccn2c1[N+](=O)[O-]. The van der Waals surface area contributed by atoms with E-state index < -0.39 is 4.92 Å². The van der Waals surface area contributed by atoms with Crippen molar-refractivity contribution in [2.75, 3.05) is 0 Å². The lowest BCUT2D eigenvalue weighted by molar-refractivity contribution is -0.391. The Bertz CT molecular complexity index is 567. The fraction of sp³-hybridized carbons (Fsp3) is 0.111. The van der Waals surface area contributed by atoms with Crippen molar-refractivity contribution in [1.82, 2.24) is 9.38 Å². The molecule has 2 heterocycles. The van der Waals surface area contributed by atoms with Crippen LogP contribution in [-0.2, 0) is 6.42 Å². The third-order valence-electron chi connectivity index (χ3n) is 1.99. The van der Waals surface area contributed by atoms with Gasteiger partial charge in [0.15, 0.2) is 5.69 Å². The zero-order valence-corrected chi connectivity index (χ0v) is 7.62. The molecule has 0 bridgehead atoms. The largest absolute Gasteiger partial charge is 0.358 e. The van der Waals surface area contributed by atoms with Crippen molar-refractivity contribution in [1.29, 1.82) is 5.26 Å². The highest BCUT2D eigenvalue weighted by molar-refractivity contribution is 5.49. The molecule has 2 aromatic rings. The van der Waals surface area contributed by atoms with E-state index in [0.29, 0.717) is 5.65 Å². The molecule has 0 unspecified atom stereocenters. The van der Waals surface area contributed by atoms with Crippen molar-refractivity contribution in [3.8, 4) is 6.07 Å². The average Bonchev–Trinajstić information content (AvgIpc) is 2.56. The van der Waals surface area contributed by atoms with E-state index in [-0.39, 0.29) is 17.9 Å². The normalized spacial score (nSPS) is 10.1. The van der Waals surface area contributed by atoms with Crippen LogP contribution in [0.15, 0.2) is 24.4 Å². The van der Waals surface area contributed by atoms with Crippen LogP contribution in [0, 0.1) is 21.4 Å². The number of pyridine rings is 1. The Morgan fingerprint density at radius 3 is 3.07 bits per heavy atom. The summed E-state index contributed by atoms with van der Waals surface area (Å²) >= 11 is 0. The van der Waals surface area contributed by atoms with Gasteiger partial charge in [-0.3, -0.25) is 0 Å². The van der Waals surface area contributed by atoms with Gasteiger partial charge in [0.1, 0.15) is 0 Å². The van der Waals surface area contributed by atoms with Gasteiger partial charge >= 0.3 is 5.82 Å². The molecular weight excluding hydrogens is 196 g/mol. The lowest BCUT2D eigenvalue weighted by atomic mass is 10.3. The van der Waals surface area contributed by atoms with Gasteiger partial charge in [0, 0.05) is 6.07 Å². The van der Waals surface area contributed by atoms with Crippen molar-refractivity contribution >= 4 is 11.5 Å². The van der Waals surface area contributed by atoms with E-state index in [0.717, 1.165) is 0 Å². The van der Waals surface area contributed by atoms with E-state index in [1.165, 1.54) is 4.40 Å². The maximum Gasteiger partial charge on any atom is 0.352 e. The second kappa shape index (κ2) is 3.38. The molecule has 6 nitrogen and oxygen atoms in total. The predicted molar refractivity (Wildman–Crippen MR) is 51.2 cm³/mol. The topological polar surface area (TPSA) is 84.2 Å². The highest BCUT2D eigenvalue weighted by Crippen LogP contribution is 2.20. The first-order valence-corrected chi connectivity index (χ1v) is 4.21. The van der Waals surface area contributed by atoms with Crippen molar-refractivity contribution in [2.24, 2.45) is 0 Å². The van der Waals surface area contributed by atoms with Crippen LogP contribution < -0.4 is 0 Å². The Morgan fingerprint density at radius 2 is 2.40 bits per heavy atom. The summed E-state index contributed by atoms with van der Waals surface area (Å²) in [6, 6.07) is 6.94. The van der Waals surface area contributed by atoms with E-state index in [1.54, 1.807) is 24.4 Å². The Kier molecular flexibility index (Phi) is 2.06. The average molecular weight is 202 g/mol. The smallest absolute Gasteiger partial charge is 0.352 e. The summed E-state index contributed by atoms with van der Waals surface area (Å²) in [5.74, 6) is -0.132. The van der Waals surface area contributed by atoms with Crippen molar-refractivity contribution in [2.45, 2.75) is 6.42 Å². The minimum Gasteiger partial charge on any atom is -0.358 e. The summed E-state index contributed by atoms with van der Waals surface area (Å²) in [7, 11) is 0. The third-order valence-corrected chi connectivity index (χ3v) is 1.99. The zero-order chi connectivity index (χ0) is 10.8. The number of nitro groups is 1. The Morgan fingerprint density at radius 1 is 1.60 bits per heavy atom. The first kappa shape index (κ1) is 9.15. The highest BCUT2D eigenvalue weighted by Gasteiger charge is 2.21. The van der Waals surface area contributed by atoms with Crippen molar-refractivity contribution < 1.29 is 4.92 Å². The van der Waals surface area contributed by atoms with Gasteiger partial charge in [0.05, 0.1) is 18.7 Å². The summed E-state index contributed by atoms with van der Waals surface area (Å²) in [5.41, 5.74) is 0.683. The molecular formula is C9H6N4O2. The zero-order valence-electron chi connectivity index (χ0n) is 7.62. The Balaban J connectivity index is 2.75. The van der Waals surface area contributed by atoms with Gasteiger partial charge in [0.25, 0.3) is 0 Å².